The van der Waals surface area contributed by atoms with Crippen molar-refractivity contribution in [3.63, 3.8) is 0 Å². The van der Waals surface area contributed by atoms with Crippen LogP contribution in [0.5, 0.6) is 0 Å². The molecule has 2 fully saturated rings. The van der Waals surface area contributed by atoms with Crippen LogP contribution in [0.2, 0.25) is 5.02 Å². The number of halogens is 2. The highest BCUT2D eigenvalue weighted by molar-refractivity contribution is 6.34. The molecule has 9 nitrogen and oxygen atoms in total. The van der Waals surface area contributed by atoms with Gasteiger partial charge in [0, 0.05) is 37.1 Å². The van der Waals surface area contributed by atoms with Gasteiger partial charge in [-0.15, -0.1) is 0 Å². The number of aromatic nitrogens is 1. The molecule has 11 heteroatoms. The number of ether oxygens (including phenoxy) is 1. The zero-order chi connectivity index (χ0) is 29.8. The van der Waals surface area contributed by atoms with Gasteiger partial charge in [-0.3, -0.25) is 19.2 Å². The summed E-state index contributed by atoms with van der Waals surface area (Å²) in [4.78, 5) is 42.6. The largest absolute Gasteiger partial charge is 0.481 e. The van der Waals surface area contributed by atoms with Crippen molar-refractivity contribution in [2.75, 3.05) is 25.1 Å². The number of hydroxylamine groups is 2. The van der Waals surface area contributed by atoms with E-state index in [1.807, 2.05) is 35.9 Å². The molecule has 2 aliphatic rings. The summed E-state index contributed by atoms with van der Waals surface area (Å²) < 4.78 is 22.9. The number of hydrogen-bond acceptors (Lipinski definition) is 6. The predicted octanol–water partition coefficient (Wildman–Crippen LogP) is 5.39. The van der Waals surface area contributed by atoms with Crippen molar-refractivity contribution in [1.29, 1.82) is 0 Å². The first kappa shape index (κ1) is 30.2. The summed E-state index contributed by atoms with van der Waals surface area (Å²) in [6.45, 7) is 0.905. The van der Waals surface area contributed by atoms with E-state index in [-0.39, 0.29) is 53.1 Å². The van der Waals surface area contributed by atoms with Crippen molar-refractivity contribution in [3.8, 4) is 0 Å². The van der Waals surface area contributed by atoms with Gasteiger partial charge in [0.1, 0.15) is 12.4 Å². The Balaban J connectivity index is 1.11. The predicted molar refractivity (Wildman–Crippen MR) is 156 cm³/mol. The number of carboxylic acid groups (broad SMARTS) is 1. The number of anilines is 1. The number of carbonyl (C=O) groups is 3. The van der Waals surface area contributed by atoms with E-state index in [4.69, 9.17) is 26.3 Å². The van der Waals surface area contributed by atoms with Crippen LogP contribution in [0, 0.1) is 11.7 Å². The number of nitrogens with one attached hydrogen (secondary N) is 1. The van der Waals surface area contributed by atoms with Crippen LogP contribution in [0.25, 0.3) is 10.9 Å². The molecule has 1 atom stereocenters. The summed E-state index contributed by atoms with van der Waals surface area (Å²) in [5.74, 6) is -2.40. The second kappa shape index (κ2) is 13.3. The Hall–Kier alpha value is -3.31. The topological polar surface area (TPSA) is 110 Å². The van der Waals surface area contributed by atoms with E-state index in [9.17, 15) is 18.8 Å². The molecule has 3 aromatic rings. The normalized spacial score (nSPS) is 21.1. The molecule has 1 aliphatic heterocycles. The summed E-state index contributed by atoms with van der Waals surface area (Å²) in [7, 11) is 1.84. The number of hydrogen-bond donors (Lipinski definition) is 2. The molecule has 1 saturated heterocycles. The summed E-state index contributed by atoms with van der Waals surface area (Å²) in [6, 6.07) is 9.97. The molecule has 2 heterocycles. The molecule has 2 aromatic carbocycles. The first-order chi connectivity index (χ1) is 20.2. The fraction of sp³-hybridized carbons (Fsp3) is 0.452. The SMILES string of the molecule is Cn1cc(C(=O)Nc2cc(F)c(CC(=O)CON3CCC[C@@H]3COC3CCC(C(=O)O)CC3)cc2Cl)c2ccccc21. The Morgan fingerprint density at radius 3 is 2.64 bits per heavy atom. The third kappa shape index (κ3) is 7.00. The standard InChI is InChI=1S/C31H35ClFN3O6/c1-35-16-25(24-6-2-3-7-29(24)35)30(38)34-28-15-27(33)20(14-26(28)32)13-22(37)18-42-36-12-4-5-21(36)17-41-23-10-8-19(9-11-23)31(39)40/h2-3,6-7,14-16,19,21,23H,4-5,8-13,17-18H2,1H3,(H,34,38)(H,39,40)/t19?,21-,23?/m1/s1. The highest BCUT2D eigenvalue weighted by atomic mass is 35.5. The van der Waals surface area contributed by atoms with Crippen LogP contribution >= 0.6 is 11.6 Å². The van der Waals surface area contributed by atoms with Crippen LogP contribution in [0.15, 0.2) is 42.6 Å². The van der Waals surface area contributed by atoms with Gasteiger partial charge in [-0.1, -0.05) is 29.8 Å². The number of benzene rings is 2. The van der Waals surface area contributed by atoms with E-state index in [1.54, 1.807) is 11.3 Å². The Kier molecular flexibility index (Phi) is 9.57. The summed E-state index contributed by atoms with van der Waals surface area (Å²) in [5.41, 5.74) is 1.58. The molecule has 2 N–H and O–H groups in total. The number of aliphatic carboxylic acids is 1. The van der Waals surface area contributed by atoms with Gasteiger partial charge in [0.05, 0.1) is 40.9 Å². The minimum absolute atomic E-state index is 0.00538. The Morgan fingerprint density at radius 2 is 1.88 bits per heavy atom. The van der Waals surface area contributed by atoms with Gasteiger partial charge in [0.25, 0.3) is 5.91 Å². The molecule has 5 rings (SSSR count). The van der Waals surface area contributed by atoms with Crippen LogP contribution in [0.4, 0.5) is 10.1 Å². The van der Waals surface area contributed by atoms with E-state index in [0.29, 0.717) is 31.6 Å². The zero-order valence-electron chi connectivity index (χ0n) is 23.5. The van der Waals surface area contributed by atoms with Gasteiger partial charge < -0.3 is 19.7 Å². The van der Waals surface area contributed by atoms with Gasteiger partial charge in [0.2, 0.25) is 0 Å². The monoisotopic (exact) mass is 599 g/mol. The number of para-hydroxylation sites is 1. The third-order valence-corrected chi connectivity index (χ3v) is 8.49. The summed E-state index contributed by atoms with van der Waals surface area (Å²) in [6.07, 6.45) is 6.02. The van der Waals surface area contributed by atoms with Gasteiger partial charge >= 0.3 is 5.97 Å². The number of amides is 1. The molecular weight excluding hydrogens is 565 g/mol. The van der Waals surface area contributed by atoms with E-state index >= 15 is 0 Å². The molecule has 1 aliphatic carbocycles. The Morgan fingerprint density at radius 1 is 1.12 bits per heavy atom. The number of Topliss-reactive ketones (excluding diaryl/α,β-unsaturated/α-hetero) is 1. The van der Waals surface area contributed by atoms with E-state index in [2.05, 4.69) is 5.32 Å². The molecule has 42 heavy (non-hydrogen) atoms. The number of rotatable bonds is 11. The number of fused-ring (bicyclic) bond motifs is 1. The van der Waals surface area contributed by atoms with Crippen LogP contribution in [0.3, 0.4) is 0 Å². The van der Waals surface area contributed by atoms with Crippen LogP contribution < -0.4 is 5.32 Å². The Bertz CT molecular complexity index is 1470. The number of carboxylic acids is 1. The first-order valence-electron chi connectivity index (χ1n) is 14.3. The molecular formula is C31H35ClFN3O6. The van der Waals surface area contributed by atoms with Crippen LogP contribution in [0.1, 0.15) is 54.4 Å². The number of nitrogens with zero attached hydrogens (tertiary/aromatic N) is 2. The van der Waals surface area contributed by atoms with Crippen LogP contribution in [-0.4, -0.2) is 64.3 Å². The van der Waals surface area contributed by atoms with E-state index in [1.165, 1.54) is 6.07 Å². The zero-order valence-corrected chi connectivity index (χ0v) is 24.2. The average molecular weight is 600 g/mol. The number of ketones is 1. The lowest BCUT2D eigenvalue weighted by atomic mass is 9.87. The second-order valence-corrected chi connectivity index (χ2v) is 11.5. The maximum atomic E-state index is 15.0. The van der Waals surface area contributed by atoms with Crippen molar-refractivity contribution >= 4 is 45.9 Å². The quantitative estimate of drug-likeness (QED) is 0.304. The summed E-state index contributed by atoms with van der Waals surface area (Å²) in [5, 5.41) is 14.5. The molecule has 224 valence electrons. The van der Waals surface area contributed by atoms with Gasteiger partial charge in [-0.2, -0.15) is 5.06 Å². The molecule has 1 aromatic heterocycles. The second-order valence-electron chi connectivity index (χ2n) is 11.1. The lowest BCUT2D eigenvalue weighted by Crippen LogP contribution is -2.37. The highest BCUT2D eigenvalue weighted by Gasteiger charge is 2.30. The van der Waals surface area contributed by atoms with Crippen molar-refractivity contribution < 1.29 is 33.5 Å². The number of carbonyl (C=O) groups excluding carboxylic acids is 2. The average Bonchev–Trinajstić information content (AvgIpc) is 3.57. The molecule has 1 saturated carbocycles. The highest BCUT2D eigenvalue weighted by Crippen LogP contribution is 2.29. The minimum Gasteiger partial charge on any atom is -0.481 e. The lowest BCUT2D eigenvalue weighted by Gasteiger charge is -2.29. The van der Waals surface area contributed by atoms with E-state index in [0.717, 1.165) is 42.7 Å². The minimum atomic E-state index is -0.741. The van der Waals surface area contributed by atoms with Crippen molar-refractivity contribution in [2.24, 2.45) is 13.0 Å². The smallest absolute Gasteiger partial charge is 0.306 e. The van der Waals surface area contributed by atoms with Gasteiger partial charge in [-0.05, 0) is 62.3 Å². The van der Waals surface area contributed by atoms with Crippen LogP contribution in [-0.2, 0) is 32.6 Å². The van der Waals surface area contributed by atoms with Crippen molar-refractivity contribution in [1.82, 2.24) is 9.63 Å². The Labute approximate surface area is 248 Å². The molecule has 1 amide bonds. The van der Waals surface area contributed by atoms with Crippen molar-refractivity contribution in [3.05, 3.63) is 64.6 Å². The summed E-state index contributed by atoms with van der Waals surface area (Å²) >= 11 is 6.38. The lowest BCUT2D eigenvalue weighted by molar-refractivity contribution is -0.186. The maximum Gasteiger partial charge on any atom is 0.306 e. The maximum absolute atomic E-state index is 15.0. The fourth-order valence-corrected chi connectivity index (χ4v) is 6.05. The third-order valence-electron chi connectivity index (χ3n) is 8.18. The fourth-order valence-electron chi connectivity index (χ4n) is 5.82. The van der Waals surface area contributed by atoms with Crippen molar-refractivity contribution in [2.45, 2.75) is 57.1 Å². The van der Waals surface area contributed by atoms with Gasteiger partial charge in [-0.25, -0.2) is 4.39 Å². The number of aryl methyl sites for hydroxylation is 1. The van der Waals surface area contributed by atoms with Gasteiger partial charge in [0.15, 0.2) is 5.78 Å². The van der Waals surface area contributed by atoms with E-state index < -0.39 is 17.7 Å². The first-order valence-corrected chi connectivity index (χ1v) is 14.7. The molecule has 0 unspecified atom stereocenters. The molecule has 0 spiro atoms. The molecule has 0 radical (unpaired) electrons. The molecule has 0 bridgehead atoms.